The Morgan fingerprint density at radius 3 is 2.43 bits per heavy atom. The molecule has 1 aliphatic carbocycles. The van der Waals surface area contributed by atoms with E-state index in [0.717, 1.165) is 70.0 Å². The second-order valence-electron chi connectivity index (χ2n) is 9.90. The van der Waals surface area contributed by atoms with Gasteiger partial charge in [-0.3, -0.25) is 0 Å². The lowest BCUT2D eigenvalue weighted by atomic mass is 9.85. The molecule has 0 fully saturated rings. The van der Waals surface area contributed by atoms with Crippen LogP contribution in [0.15, 0.2) is 23.5 Å². The minimum atomic E-state index is -0.522. The van der Waals surface area contributed by atoms with Crippen molar-refractivity contribution in [1.29, 1.82) is 0 Å². The quantitative estimate of drug-likeness (QED) is 0.208. The molecule has 1 rings (SSSR count). The fraction of sp³-hybridized carbons (Fsp3) is 0.815. The third-order valence-electron chi connectivity index (χ3n) is 6.84. The standard InChI is InChI=1S/C27H49O3/c1-7-9-10-18-27(6,29)19-12-14-21(3)13-11-15-25(20-28)30-26-23(5)22(4)16-17-24(26)8-2/h7,16-17,21-23,25,28-29H,8-15,18-20H2,1-6H3/q-1. The van der Waals surface area contributed by atoms with Gasteiger partial charge in [-0.15, -0.1) is 0 Å². The summed E-state index contributed by atoms with van der Waals surface area (Å²) in [6, 6.07) is 0. The van der Waals surface area contributed by atoms with Gasteiger partial charge < -0.3 is 21.4 Å². The molecule has 0 heterocycles. The highest BCUT2D eigenvalue weighted by Crippen LogP contribution is 2.33. The molecule has 0 saturated carbocycles. The number of hydrogen-bond acceptors (Lipinski definition) is 3. The first-order valence-electron chi connectivity index (χ1n) is 12.4. The first-order valence-corrected chi connectivity index (χ1v) is 12.4. The van der Waals surface area contributed by atoms with Gasteiger partial charge in [-0.25, -0.2) is 0 Å². The largest absolute Gasteiger partial charge is 0.492 e. The Hall–Kier alpha value is -0.800. The lowest BCUT2D eigenvalue weighted by Crippen LogP contribution is -2.24. The van der Waals surface area contributed by atoms with Crippen LogP contribution in [0.1, 0.15) is 106 Å². The Morgan fingerprint density at radius 1 is 1.13 bits per heavy atom. The van der Waals surface area contributed by atoms with Crippen LogP contribution in [-0.4, -0.2) is 28.5 Å². The summed E-state index contributed by atoms with van der Waals surface area (Å²) in [5.41, 5.74) is 0.752. The number of aliphatic hydroxyl groups is 2. The molecule has 0 bridgehead atoms. The maximum atomic E-state index is 10.5. The van der Waals surface area contributed by atoms with Gasteiger partial charge in [0.1, 0.15) is 11.9 Å². The smallest absolute Gasteiger partial charge is 0.121 e. The zero-order valence-electron chi connectivity index (χ0n) is 20.6. The van der Waals surface area contributed by atoms with E-state index in [1.165, 1.54) is 5.57 Å². The molecule has 30 heavy (non-hydrogen) atoms. The Balaban J connectivity index is 2.35. The highest BCUT2D eigenvalue weighted by Gasteiger charge is 2.25. The molecule has 0 aromatic carbocycles. The molecular weight excluding hydrogens is 372 g/mol. The Morgan fingerprint density at radius 2 is 1.80 bits per heavy atom. The lowest BCUT2D eigenvalue weighted by Gasteiger charge is -2.30. The van der Waals surface area contributed by atoms with Crippen LogP contribution in [-0.2, 0) is 4.74 Å². The molecule has 0 amide bonds. The van der Waals surface area contributed by atoms with E-state index in [-0.39, 0.29) is 12.7 Å². The summed E-state index contributed by atoms with van der Waals surface area (Å²) in [5.74, 6) is 2.58. The van der Waals surface area contributed by atoms with Crippen LogP contribution in [0.5, 0.6) is 0 Å². The number of aliphatic hydroxyl groups excluding tert-OH is 1. The average Bonchev–Trinajstić information content (AvgIpc) is 2.70. The minimum absolute atomic E-state index is 0.0811. The van der Waals surface area contributed by atoms with Crippen molar-refractivity contribution in [1.82, 2.24) is 0 Å². The molecule has 0 radical (unpaired) electrons. The highest BCUT2D eigenvalue weighted by molar-refractivity contribution is 5.29. The maximum Gasteiger partial charge on any atom is 0.121 e. The Bertz CT molecular complexity index is 520. The van der Waals surface area contributed by atoms with Gasteiger partial charge >= 0.3 is 0 Å². The second-order valence-corrected chi connectivity index (χ2v) is 9.90. The fourth-order valence-electron chi connectivity index (χ4n) is 4.37. The topological polar surface area (TPSA) is 49.7 Å². The van der Waals surface area contributed by atoms with Crippen molar-refractivity contribution in [3.05, 3.63) is 29.9 Å². The normalized spacial score (nSPS) is 23.3. The summed E-state index contributed by atoms with van der Waals surface area (Å²) in [6.45, 7) is 13.1. The van der Waals surface area contributed by atoms with E-state index < -0.39 is 5.60 Å². The molecule has 5 unspecified atom stereocenters. The van der Waals surface area contributed by atoms with E-state index in [0.29, 0.717) is 17.8 Å². The zero-order chi connectivity index (χ0) is 22.6. The fourth-order valence-corrected chi connectivity index (χ4v) is 4.37. The van der Waals surface area contributed by atoms with E-state index in [9.17, 15) is 10.2 Å². The van der Waals surface area contributed by atoms with Crippen LogP contribution < -0.4 is 0 Å². The SMILES string of the molecule is C[CH-]CCCC(C)(O)CCCC(C)CCCC(CO)OC1=C(CC)C=CC(C)C1C. The van der Waals surface area contributed by atoms with E-state index >= 15 is 0 Å². The number of hydrogen-bond donors (Lipinski definition) is 2. The van der Waals surface area contributed by atoms with Crippen molar-refractivity contribution in [2.45, 2.75) is 117 Å². The molecule has 0 aromatic rings. The van der Waals surface area contributed by atoms with E-state index in [1.54, 1.807) is 0 Å². The summed E-state index contributed by atoms with van der Waals surface area (Å²) in [7, 11) is 0. The first-order chi connectivity index (χ1) is 14.2. The van der Waals surface area contributed by atoms with E-state index in [4.69, 9.17) is 4.74 Å². The van der Waals surface area contributed by atoms with Gasteiger partial charge in [-0.05, 0) is 56.4 Å². The van der Waals surface area contributed by atoms with Crippen LogP contribution in [0.25, 0.3) is 0 Å². The van der Waals surface area contributed by atoms with Crippen molar-refractivity contribution in [2.24, 2.45) is 17.8 Å². The minimum Gasteiger partial charge on any atom is -0.492 e. The monoisotopic (exact) mass is 421 g/mol. The zero-order valence-corrected chi connectivity index (χ0v) is 20.6. The van der Waals surface area contributed by atoms with E-state index in [2.05, 4.69) is 53.2 Å². The number of ether oxygens (including phenoxy) is 1. The number of rotatable bonds is 16. The molecule has 1 aliphatic rings. The van der Waals surface area contributed by atoms with Crippen molar-refractivity contribution in [2.75, 3.05) is 6.61 Å². The molecule has 0 spiro atoms. The van der Waals surface area contributed by atoms with Crippen LogP contribution in [0, 0.1) is 24.2 Å². The van der Waals surface area contributed by atoms with Gasteiger partial charge in [-0.2, -0.15) is 13.3 Å². The van der Waals surface area contributed by atoms with Crippen LogP contribution in [0.3, 0.4) is 0 Å². The summed E-state index contributed by atoms with van der Waals surface area (Å²) < 4.78 is 6.32. The van der Waals surface area contributed by atoms with Crippen molar-refractivity contribution in [3.63, 3.8) is 0 Å². The summed E-state index contributed by atoms with van der Waals surface area (Å²) in [4.78, 5) is 0. The molecule has 0 aromatic heterocycles. The molecule has 0 aliphatic heterocycles. The Labute approximate surface area is 187 Å². The van der Waals surface area contributed by atoms with Crippen molar-refractivity contribution < 1.29 is 14.9 Å². The third-order valence-corrected chi connectivity index (χ3v) is 6.84. The van der Waals surface area contributed by atoms with Crippen molar-refractivity contribution >= 4 is 0 Å². The molecule has 5 atom stereocenters. The van der Waals surface area contributed by atoms with Crippen LogP contribution in [0.2, 0.25) is 0 Å². The predicted molar refractivity (Wildman–Crippen MR) is 128 cm³/mol. The lowest BCUT2D eigenvalue weighted by molar-refractivity contribution is 0.0310. The number of unbranched alkanes of at least 4 members (excludes halogenated alkanes) is 2. The maximum absolute atomic E-state index is 10.5. The number of allylic oxidation sites excluding steroid dienone is 4. The van der Waals surface area contributed by atoms with Gasteiger partial charge in [0.25, 0.3) is 0 Å². The first kappa shape index (κ1) is 27.2. The summed E-state index contributed by atoms with van der Waals surface area (Å²) in [5, 5.41) is 20.4. The molecule has 2 N–H and O–H groups in total. The van der Waals surface area contributed by atoms with Gasteiger partial charge in [0.15, 0.2) is 0 Å². The van der Waals surface area contributed by atoms with Crippen molar-refractivity contribution in [3.8, 4) is 0 Å². The summed E-state index contributed by atoms with van der Waals surface area (Å²) >= 11 is 0. The average molecular weight is 422 g/mol. The van der Waals surface area contributed by atoms with Crippen LogP contribution >= 0.6 is 0 Å². The second kappa shape index (κ2) is 14.3. The predicted octanol–water partition coefficient (Wildman–Crippen LogP) is 6.99. The highest BCUT2D eigenvalue weighted by atomic mass is 16.5. The van der Waals surface area contributed by atoms with Gasteiger partial charge in [-0.1, -0.05) is 65.5 Å². The van der Waals surface area contributed by atoms with Gasteiger partial charge in [0.2, 0.25) is 0 Å². The molecule has 3 heteroatoms. The molecule has 176 valence electrons. The molecular formula is C27H49O3-. The Kier molecular flexibility index (Phi) is 13.0. The summed E-state index contributed by atoms with van der Waals surface area (Å²) in [6.07, 6.45) is 16.8. The van der Waals surface area contributed by atoms with Gasteiger partial charge in [0, 0.05) is 5.92 Å². The van der Waals surface area contributed by atoms with Gasteiger partial charge in [0.05, 0.1) is 12.2 Å². The third kappa shape index (κ3) is 10.0. The van der Waals surface area contributed by atoms with E-state index in [1.807, 2.05) is 6.92 Å². The van der Waals surface area contributed by atoms with Crippen LogP contribution in [0.4, 0.5) is 0 Å². The molecule has 0 saturated heterocycles. The molecule has 3 nitrogen and oxygen atoms in total.